The van der Waals surface area contributed by atoms with Gasteiger partial charge in [0.25, 0.3) is 0 Å². The van der Waals surface area contributed by atoms with Crippen LogP contribution in [0.25, 0.3) is 55.0 Å². The van der Waals surface area contributed by atoms with Crippen molar-refractivity contribution in [1.29, 1.82) is 0 Å². The minimum Gasteiger partial charge on any atom is -0.456 e. The third kappa shape index (κ3) is 5.98. The summed E-state index contributed by atoms with van der Waals surface area (Å²) in [6, 6.07) is 77.5. The number of furan rings is 1. The summed E-state index contributed by atoms with van der Waals surface area (Å²) in [6.45, 7) is 0. The molecule has 0 aliphatic heterocycles. The van der Waals surface area contributed by atoms with Crippen LogP contribution in [0, 0.1) is 0 Å². The highest BCUT2D eigenvalue weighted by Gasteiger charge is 2.19. The molecular weight excluding hydrogens is 669 g/mol. The van der Waals surface area contributed by atoms with Gasteiger partial charge in [0.15, 0.2) is 0 Å². The van der Waals surface area contributed by atoms with Crippen LogP contribution in [0.1, 0.15) is 0 Å². The van der Waals surface area contributed by atoms with E-state index < -0.39 is 0 Å². The lowest BCUT2D eigenvalue weighted by Gasteiger charge is -2.27. The summed E-state index contributed by atoms with van der Waals surface area (Å²) >= 11 is 0. The fourth-order valence-corrected chi connectivity index (χ4v) is 7.84. The van der Waals surface area contributed by atoms with Crippen LogP contribution in [0.3, 0.4) is 0 Å². The average Bonchev–Trinajstić information content (AvgIpc) is 3.64. The van der Waals surface area contributed by atoms with Crippen LogP contribution in [0.15, 0.2) is 223 Å². The Morgan fingerprint density at radius 2 is 0.745 bits per heavy atom. The molecular formula is C52H36N2O. The molecule has 0 amide bonds. The maximum absolute atomic E-state index is 6.36. The highest BCUT2D eigenvalue weighted by molar-refractivity contribution is 6.09. The Morgan fingerprint density at radius 1 is 0.273 bits per heavy atom. The monoisotopic (exact) mass is 704 g/mol. The van der Waals surface area contributed by atoms with Gasteiger partial charge >= 0.3 is 0 Å². The van der Waals surface area contributed by atoms with Gasteiger partial charge in [-0.1, -0.05) is 140 Å². The number of rotatable bonds is 8. The number of para-hydroxylation sites is 3. The molecule has 3 nitrogen and oxygen atoms in total. The van der Waals surface area contributed by atoms with Crippen molar-refractivity contribution >= 4 is 66.8 Å². The van der Waals surface area contributed by atoms with Crippen LogP contribution < -0.4 is 9.80 Å². The van der Waals surface area contributed by atoms with E-state index in [0.717, 1.165) is 61.6 Å². The predicted octanol–water partition coefficient (Wildman–Crippen LogP) is 15.0. The molecule has 0 unspecified atom stereocenters. The summed E-state index contributed by atoms with van der Waals surface area (Å²) in [5.74, 6) is 0. The molecule has 260 valence electrons. The molecule has 0 fully saturated rings. The summed E-state index contributed by atoms with van der Waals surface area (Å²) in [5.41, 5.74) is 13.1. The molecule has 10 rings (SSSR count). The maximum atomic E-state index is 6.36. The van der Waals surface area contributed by atoms with Gasteiger partial charge in [0.1, 0.15) is 11.2 Å². The maximum Gasteiger partial charge on any atom is 0.137 e. The minimum absolute atomic E-state index is 0.873. The standard InChI is InChI=1S/C52H36N2O/c1-4-14-37(15-5-1)38-24-28-42(29-25-38)53(40-16-6-2-7-17-40)43-30-26-39(27-31-43)45-34-35-50(47-21-11-10-20-46(45)47)54(41-18-8-3-9-19-41)44-32-33-49-48-22-12-13-23-51(48)55-52(49)36-44/h1-36H. The molecule has 0 saturated carbocycles. The first-order chi connectivity index (χ1) is 27.3. The first-order valence-corrected chi connectivity index (χ1v) is 18.7. The second kappa shape index (κ2) is 13.9. The lowest BCUT2D eigenvalue weighted by Crippen LogP contribution is -2.10. The van der Waals surface area contributed by atoms with Crippen molar-refractivity contribution in [3.05, 3.63) is 218 Å². The lowest BCUT2D eigenvalue weighted by atomic mass is 9.96. The second-order valence-electron chi connectivity index (χ2n) is 13.8. The van der Waals surface area contributed by atoms with E-state index in [1.54, 1.807) is 0 Å². The molecule has 9 aromatic carbocycles. The van der Waals surface area contributed by atoms with E-state index in [0.29, 0.717) is 0 Å². The van der Waals surface area contributed by atoms with E-state index in [1.807, 2.05) is 12.1 Å². The Balaban J connectivity index is 1.05. The zero-order chi connectivity index (χ0) is 36.6. The fraction of sp³-hybridized carbons (Fsp3) is 0. The summed E-state index contributed by atoms with van der Waals surface area (Å²) in [4.78, 5) is 4.65. The van der Waals surface area contributed by atoms with Crippen LogP contribution in [0.2, 0.25) is 0 Å². The van der Waals surface area contributed by atoms with Crippen molar-refractivity contribution in [3.63, 3.8) is 0 Å². The van der Waals surface area contributed by atoms with Crippen LogP contribution in [-0.2, 0) is 0 Å². The molecule has 55 heavy (non-hydrogen) atoms. The Kier molecular flexibility index (Phi) is 8.16. The molecule has 1 heterocycles. The molecule has 1 aromatic heterocycles. The normalized spacial score (nSPS) is 11.3. The Hall–Kier alpha value is -7.36. The SMILES string of the molecule is c1ccc(-c2ccc(N(c3ccccc3)c3ccc(-c4ccc(N(c5ccccc5)c5ccc6c(c5)oc5ccccc56)c5ccccc45)cc3)cc2)cc1. The molecule has 0 spiro atoms. The molecule has 0 bridgehead atoms. The molecule has 0 N–H and O–H groups in total. The van der Waals surface area contributed by atoms with Crippen molar-refractivity contribution in [1.82, 2.24) is 0 Å². The topological polar surface area (TPSA) is 19.6 Å². The van der Waals surface area contributed by atoms with Gasteiger partial charge in [-0.2, -0.15) is 0 Å². The first kappa shape index (κ1) is 32.3. The average molecular weight is 705 g/mol. The zero-order valence-electron chi connectivity index (χ0n) is 30.1. The number of hydrogen-bond acceptors (Lipinski definition) is 3. The number of benzene rings is 9. The largest absolute Gasteiger partial charge is 0.456 e. The van der Waals surface area contributed by atoms with E-state index in [2.05, 4.69) is 216 Å². The molecule has 0 radical (unpaired) electrons. The first-order valence-electron chi connectivity index (χ1n) is 18.7. The van der Waals surface area contributed by atoms with Crippen molar-refractivity contribution in [2.45, 2.75) is 0 Å². The van der Waals surface area contributed by atoms with Gasteiger partial charge in [-0.3, -0.25) is 0 Å². The molecule has 0 atom stereocenters. The van der Waals surface area contributed by atoms with Gasteiger partial charge in [-0.05, 0) is 100 Å². The van der Waals surface area contributed by atoms with E-state index in [4.69, 9.17) is 4.42 Å². The Morgan fingerprint density at radius 3 is 1.42 bits per heavy atom. The third-order valence-corrected chi connectivity index (χ3v) is 10.5. The van der Waals surface area contributed by atoms with Crippen molar-refractivity contribution < 1.29 is 4.42 Å². The van der Waals surface area contributed by atoms with Gasteiger partial charge in [0.05, 0.1) is 5.69 Å². The van der Waals surface area contributed by atoms with Gasteiger partial charge < -0.3 is 14.2 Å². The van der Waals surface area contributed by atoms with E-state index in [9.17, 15) is 0 Å². The van der Waals surface area contributed by atoms with Gasteiger partial charge in [-0.15, -0.1) is 0 Å². The van der Waals surface area contributed by atoms with Crippen LogP contribution >= 0.6 is 0 Å². The summed E-state index contributed by atoms with van der Waals surface area (Å²) < 4.78 is 6.36. The molecule has 3 heteroatoms. The van der Waals surface area contributed by atoms with Crippen LogP contribution in [0.4, 0.5) is 34.1 Å². The minimum atomic E-state index is 0.873. The molecule has 0 saturated heterocycles. The van der Waals surface area contributed by atoms with Gasteiger partial charge in [0, 0.05) is 50.7 Å². The van der Waals surface area contributed by atoms with Crippen molar-refractivity contribution in [3.8, 4) is 22.3 Å². The zero-order valence-corrected chi connectivity index (χ0v) is 30.1. The summed E-state index contributed by atoms with van der Waals surface area (Å²) in [7, 11) is 0. The van der Waals surface area contributed by atoms with Crippen molar-refractivity contribution in [2.24, 2.45) is 0 Å². The van der Waals surface area contributed by atoms with Crippen LogP contribution in [-0.4, -0.2) is 0 Å². The number of nitrogens with zero attached hydrogens (tertiary/aromatic N) is 2. The van der Waals surface area contributed by atoms with E-state index in [1.165, 1.54) is 27.5 Å². The number of fused-ring (bicyclic) bond motifs is 4. The van der Waals surface area contributed by atoms with Gasteiger partial charge in [-0.25, -0.2) is 0 Å². The van der Waals surface area contributed by atoms with E-state index in [-0.39, 0.29) is 0 Å². The number of hydrogen-bond donors (Lipinski definition) is 0. The number of anilines is 6. The lowest BCUT2D eigenvalue weighted by molar-refractivity contribution is 0.669. The molecule has 0 aliphatic rings. The quantitative estimate of drug-likeness (QED) is 0.157. The fourth-order valence-electron chi connectivity index (χ4n) is 7.84. The molecule has 10 aromatic rings. The predicted molar refractivity (Wildman–Crippen MR) is 231 cm³/mol. The third-order valence-electron chi connectivity index (χ3n) is 10.5. The van der Waals surface area contributed by atoms with Crippen LogP contribution in [0.5, 0.6) is 0 Å². The Labute approximate surface area is 320 Å². The smallest absolute Gasteiger partial charge is 0.137 e. The van der Waals surface area contributed by atoms with E-state index >= 15 is 0 Å². The van der Waals surface area contributed by atoms with Crippen molar-refractivity contribution in [2.75, 3.05) is 9.80 Å². The summed E-state index contributed by atoms with van der Waals surface area (Å²) in [6.07, 6.45) is 0. The highest BCUT2D eigenvalue weighted by atomic mass is 16.3. The molecule has 0 aliphatic carbocycles. The second-order valence-corrected chi connectivity index (χ2v) is 13.8. The van der Waals surface area contributed by atoms with Gasteiger partial charge in [0.2, 0.25) is 0 Å². The Bertz CT molecular complexity index is 2900. The summed E-state index contributed by atoms with van der Waals surface area (Å²) in [5, 5.41) is 4.60. The highest BCUT2D eigenvalue weighted by Crippen LogP contribution is 2.44.